The fourth-order valence-corrected chi connectivity index (χ4v) is 9.00. The van der Waals surface area contributed by atoms with Gasteiger partial charge in [0.05, 0.1) is 35.6 Å². The summed E-state index contributed by atoms with van der Waals surface area (Å²) in [7, 11) is 0. The van der Waals surface area contributed by atoms with E-state index in [0.717, 1.165) is 0 Å². The average Bonchev–Trinajstić information content (AvgIpc) is 3.32. The molecule has 0 aromatic heterocycles. The van der Waals surface area contributed by atoms with Gasteiger partial charge in [-0.25, -0.2) is 14.4 Å². The minimum absolute atomic E-state index is 0.118. The van der Waals surface area contributed by atoms with Crippen molar-refractivity contribution in [2.45, 2.75) is 115 Å². The molecule has 6 rings (SSSR count). The highest BCUT2D eigenvalue weighted by molar-refractivity contribution is 5.95. The molecule has 57 heavy (non-hydrogen) atoms. The quantitative estimate of drug-likeness (QED) is 0.163. The predicted molar refractivity (Wildman–Crippen MR) is 199 cm³/mol. The Bertz CT molecular complexity index is 1940. The van der Waals surface area contributed by atoms with Gasteiger partial charge in [0.1, 0.15) is 24.4 Å². The third-order valence-corrected chi connectivity index (χ3v) is 11.8. The second-order valence-electron chi connectivity index (χ2n) is 17.0. The van der Waals surface area contributed by atoms with E-state index in [2.05, 4.69) is 5.32 Å². The molecule has 10 atom stereocenters. The van der Waals surface area contributed by atoms with Crippen LogP contribution in [0.3, 0.4) is 0 Å². The summed E-state index contributed by atoms with van der Waals surface area (Å²) < 4.78 is 35.2. The summed E-state index contributed by atoms with van der Waals surface area (Å²) in [5.74, 6) is -7.24. The third-order valence-electron chi connectivity index (χ3n) is 11.8. The molecule has 2 aromatic carbocycles. The largest absolute Gasteiger partial charge is 0.459 e. The standard InChI is InChI=1S/C42H51NO14/c1-22(20-52-36(49)30(46)29(24-15-11-9-12-16-24)43-37(50)57-38(3,4)5)28-31-33(47)40(8)26(45)19-27-41(21-53-27,55-23(2)44)32(40)34(42(51,56-31)39(28,6)7)54-35(48)25-17-13-10-14-18-25/h9-18,26-27,29-32,34,45-46,51H,19-21H2,1-8H3,(H,43,50)/b28-22-/t26-,27+,29-,30+,31+,32?,34-,40+,41-,42+/m0/s1. The Morgan fingerprint density at radius 2 is 1.60 bits per heavy atom. The number of hydrogen-bond acceptors (Lipinski definition) is 14. The molecule has 3 aliphatic heterocycles. The van der Waals surface area contributed by atoms with Crippen molar-refractivity contribution in [2.75, 3.05) is 13.2 Å². The van der Waals surface area contributed by atoms with Crippen LogP contribution in [0.25, 0.3) is 0 Å². The van der Waals surface area contributed by atoms with Crippen molar-refractivity contribution in [1.82, 2.24) is 5.32 Å². The number of aliphatic hydroxyl groups excluding tert-OH is 2. The van der Waals surface area contributed by atoms with Gasteiger partial charge >= 0.3 is 24.0 Å². The first-order valence-corrected chi connectivity index (χ1v) is 18.9. The van der Waals surface area contributed by atoms with Gasteiger partial charge in [-0.15, -0.1) is 0 Å². The Kier molecular flexibility index (Phi) is 11.0. The van der Waals surface area contributed by atoms with Gasteiger partial charge in [-0.3, -0.25) is 9.59 Å². The Morgan fingerprint density at radius 1 is 0.982 bits per heavy atom. The number of esters is 3. The molecule has 1 saturated carbocycles. The van der Waals surface area contributed by atoms with E-state index in [1.54, 1.807) is 90.1 Å². The predicted octanol–water partition coefficient (Wildman–Crippen LogP) is 3.48. The van der Waals surface area contributed by atoms with Crippen LogP contribution in [-0.2, 0) is 42.8 Å². The number of rotatable bonds is 9. The Morgan fingerprint density at radius 3 is 2.16 bits per heavy atom. The third kappa shape index (κ3) is 7.13. The summed E-state index contributed by atoms with van der Waals surface area (Å²) in [6.45, 7) is 11.7. The number of hydrogen-bond donors (Lipinski definition) is 4. The number of carbonyl (C=O) groups is 5. The molecule has 0 spiro atoms. The maximum atomic E-state index is 15.1. The van der Waals surface area contributed by atoms with Gasteiger partial charge in [-0.2, -0.15) is 0 Å². The minimum atomic E-state index is -2.50. The van der Waals surface area contributed by atoms with Crippen molar-refractivity contribution in [3.63, 3.8) is 0 Å². The van der Waals surface area contributed by atoms with E-state index in [0.29, 0.717) is 5.56 Å². The highest BCUT2D eigenvalue weighted by Crippen LogP contribution is 2.65. The van der Waals surface area contributed by atoms with Crippen molar-refractivity contribution in [1.29, 1.82) is 0 Å². The summed E-state index contributed by atoms with van der Waals surface area (Å²) in [6, 6.07) is 15.0. The monoisotopic (exact) mass is 793 g/mol. The normalized spacial score (nSPS) is 33.2. The lowest BCUT2D eigenvalue weighted by Gasteiger charge is -2.63. The first kappa shape index (κ1) is 41.9. The van der Waals surface area contributed by atoms with Crippen molar-refractivity contribution in [2.24, 2.45) is 16.7 Å². The zero-order chi connectivity index (χ0) is 41.9. The van der Waals surface area contributed by atoms with E-state index in [-0.39, 0.29) is 29.7 Å². The van der Waals surface area contributed by atoms with Crippen LogP contribution < -0.4 is 5.32 Å². The fourth-order valence-electron chi connectivity index (χ4n) is 9.00. The zero-order valence-corrected chi connectivity index (χ0v) is 33.3. The Labute approximate surface area is 330 Å². The van der Waals surface area contributed by atoms with Gasteiger partial charge in [-0.1, -0.05) is 62.4 Å². The van der Waals surface area contributed by atoms with Crippen molar-refractivity contribution < 1.29 is 67.7 Å². The topological polar surface area (TPSA) is 213 Å². The molecule has 3 saturated heterocycles. The van der Waals surface area contributed by atoms with Gasteiger partial charge in [-0.05, 0) is 63.5 Å². The Hall–Kier alpha value is -4.67. The van der Waals surface area contributed by atoms with E-state index in [4.69, 9.17) is 28.4 Å². The molecule has 15 heteroatoms. The molecular formula is C42H51NO14. The smallest absolute Gasteiger partial charge is 0.408 e. The summed E-state index contributed by atoms with van der Waals surface area (Å²) in [6.07, 6.45) is -8.53. The zero-order valence-electron chi connectivity index (χ0n) is 33.3. The summed E-state index contributed by atoms with van der Waals surface area (Å²) >= 11 is 0. The molecule has 4 N–H and O–H groups in total. The second-order valence-corrected chi connectivity index (χ2v) is 17.0. The van der Waals surface area contributed by atoms with Crippen LogP contribution in [0.1, 0.15) is 83.8 Å². The fraction of sp³-hybridized carbons (Fsp3) is 0.548. The minimum Gasteiger partial charge on any atom is -0.459 e. The summed E-state index contributed by atoms with van der Waals surface area (Å²) in [5.41, 5.74) is -4.93. The number of alkyl carbamates (subject to hydrolysis) is 1. The SMILES string of the molecule is CC(=O)O[C@@]12CO[C@@H]1C[C@H](O)[C@@]1(C)C(=O)[C@@H]3O[C@](O)([C@@H](OC(=O)c4ccccc4)C12)C(C)(C)/C3=C(/C)COC(=O)[C@H](O)[C@@H](NC(=O)OC(C)(C)C)c1ccccc1. The highest BCUT2D eigenvalue weighted by Gasteiger charge is 2.80. The van der Waals surface area contributed by atoms with Gasteiger partial charge in [0, 0.05) is 18.8 Å². The molecule has 4 fully saturated rings. The molecule has 2 aromatic rings. The van der Waals surface area contributed by atoms with E-state index in [9.17, 15) is 34.5 Å². The van der Waals surface area contributed by atoms with Crippen molar-refractivity contribution in [3.05, 3.63) is 82.9 Å². The number of carbonyl (C=O) groups excluding carboxylic acids is 5. The lowest BCUT2D eigenvalue weighted by molar-refractivity contribution is -0.356. The van der Waals surface area contributed by atoms with Crippen LogP contribution in [0.2, 0.25) is 0 Å². The van der Waals surface area contributed by atoms with Crippen LogP contribution >= 0.6 is 0 Å². The Balaban J connectivity index is 1.38. The number of amides is 1. The molecule has 0 radical (unpaired) electrons. The molecule has 1 amide bonds. The molecule has 2 bridgehead atoms. The first-order valence-electron chi connectivity index (χ1n) is 18.9. The van der Waals surface area contributed by atoms with E-state index in [1.807, 2.05) is 0 Å². The van der Waals surface area contributed by atoms with Crippen molar-refractivity contribution >= 4 is 29.8 Å². The van der Waals surface area contributed by atoms with E-state index >= 15 is 4.79 Å². The summed E-state index contributed by atoms with van der Waals surface area (Å²) in [5, 5.41) is 38.5. The van der Waals surface area contributed by atoms with Gasteiger partial charge in [0.2, 0.25) is 5.79 Å². The second kappa shape index (κ2) is 14.9. The maximum Gasteiger partial charge on any atom is 0.408 e. The van der Waals surface area contributed by atoms with Crippen LogP contribution in [-0.4, -0.2) is 106 Å². The number of ketones is 1. The van der Waals surface area contributed by atoms with Crippen LogP contribution in [0.15, 0.2) is 71.8 Å². The molecule has 15 nitrogen and oxygen atoms in total. The first-order chi connectivity index (χ1) is 26.6. The van der Waals surface area contributed by atoms with Gasteiger partial charge < -0.3 is 49.1 Å². The number of aliphatic hydroxyl groups is 3. The maximum absolute atomic E-state index is 15.1. The summed E-state index contributed by atoms with van der Waals surface area (Å²) in [4.78, 5) is 67.9. The lowest BCUT2D eigenvalue weighted by Crippen LogP contribution is -2.79. The lowest BCUT2D eigenvalue weighted by atomic mass is 9.49. The number of Topliss-reactive ketones (excluding diaryl/α,β-unsaturated/α-hetero) is 1. The number of ether oxygens (including phenoxy) is 6. The van der Waals surface area contributed by atoms with Gasteiger partial charge in [0.25, 0.3) is 0 Å². The van der Waals surface area contributed by atoms with Crippen LogP contribution in [0, 0.1) is 16.7 Å². The molecule has 1 aliphatic carbocycles. The number of nitrogens with one attached hydrogen (secondary N) is 1. The van der Waals surface area contributed by atoms with E-state index in [1.165, 1.54) is 26.0 Å². The van der Waals surface area contributed by atoms with Crippen LogP contribution in [0.5, 0.6) is 0 Å². The van der Waals surface area contributed by atoms with Crippen molar-refractivity contribution in [3.8, 4) is 0 Å². The number of benzene rings is 2. The van der Waals surface area contributed by atoms with Crippen LogP contribution in [0.4, 0.5) is 4.79 Å². The highest BCUT2D eigenvalue weighted by atomic mass is 16.7. The molecule has 1 unspecified atom stereocenters. The number of fused-ring (bicyclic) bond motifs is 5. The average molecular weight is 794 g/mol. The molecule has 308 valence electrons. The molecule has 4 aliphatic rings. The van der Waals surface area contributed by atoms with Gasteiger partial charge in [0.15, 0.2) is 23.6 Å². The molecular weight excluding hydrogens is 742 g/mol. The van der Waals surface area contributed by atoms with E-state index < -0.39 is 107 Å². The molecule has 3 heterocycles.